The normalized spacial score (nSPS) is 22.0. The van der Waals surface area contributed by atoms with Crippen molar-refractivity contribution in [2.75, 3.05) is 65.4 Å². The third-order valence-electron chi connectivity index (χ3n) is 6.42. The Morgan fingerprint density at radius 2 is 1.11 bits per heavy atom. The van der Waals surface area contributed by atoms with Crippen LogP contribution in [0.2, 0.25) is 0 Å². The second-order valence-electron chi connectivity index (χ2n) is 8.41. The van der Waals surface area contributed by atoms with Gasteiger partial charge in [0.1, 0.15) is 18.0 Å². The van der Waals surface area contributed by atoms with Gasteiger partial charge in [0, 0.05) is 32.7 Å². The Bertz CT molecular complexity index is 571. The van der Waals surface area contributed by atoms with Crippen molar-refractivity contribution in [2.45, 2.75) is 51.4 Å². The lowest BCUT2D eigenvalue weighted by atomic mass is 10.1. The number of likely N-dealkylation sites (tertiary alicyclic amines) is 2. The van der Waals surface area contributed by atoms with Gasteiger partial charge in [0.25, 0.3) is 0 Å². The van der Waals surface area contributed by atoms with Gasteiger partial charge in [-0.2, -0.15) is 10.5 Å². The molecule has 0 spiro atoms. The molecule has 0 saturated carbocycles. The van der Waals surface area contributed by atoms with Crippen molar-refractivity contribution in [2.24, 2.45) is 0 Å². The average molecular weight is 385 g/mol. The molecule has 0 atom stereocenters. The summed E-state index contributed by atoms with van der Waals surface area (Å²) in [4.78, 5) is 9.69. The summed E-state index contributed by atoms with van der Waals surface area (Å²) in [5.41, 5.74) is 0.283. The largest absolute Gasteiger partial charge is 0.355 e. The van der Waals surface area contributed by atoms with E-state index in [9.17, 15) is 10.5 Å². The van der Waals surface area contributed by atoms with Crippen LogP contribution in [0.1, 0.15) is 51.4 Å². The minimum atomic E-state index is 0.283. The second-order valence-corrected chi connectivity index (χ2v) is 8.41. The fraction of sp³-hybridized carbons (Fsp3) is 0.818. The van der Waals surface area contributed by atoms with Gasteiger partial charge in [-0.15, -0.1) is 0 Å². The van der Waals surface area contributed by atoms with Crippen LogP contribution in [0.15, 0.2) is 11.4 Å². The van der Waals surface area contributed by atoms with Gasteiger partial charge in [-0.05, 0) is 64.8 Å². The number of nitriles is 2. The summed E-state index contributed by atoms with van der Waals surface area (Å²) < 4.78 is 0. The van der Waals surface area contributed by atoms with Gasteiger partial charge >= 0.3 is 0 Å². The van der Waals surface area contributed by atoms with Gasteiger partial charge in [0.2, 0.25) is 0 Å². The zero-order valence-electron chi connectivity index (χ0n) is 17.4. The number of hydrogen-bond donors (Lipinski definition) is 0. The molecule has 0 N–H and O–H groups in total. The molecule has 3 aliphatic rings. The van der Waals surface area contributed by atoms with Crippen LogP contribution in [-0.4, -0.2) is 85.0 Å². The quantitative estimate of drug-likeness (QED) is 0.629. The summed E-state index contributed by atoms with van der Waals surface area (Å²) in [7, 11) is 0. The lowest BCUT2D eigenvalue weighted by molar-refractivity contribution is 0.201. The number of allylic oxidation sites excluding steroid dienone is 1. The molecule has 3 fully saturated rings. The first-order valence-electron chi connectivity index (χ1n) is 11.3. The molecule has 0 radical (unpaired) electrons. The highest BCUT2D eigenvalue weighted by atomic mass is 15.4. The van der Waals surface area contributed by atoms with E-state index in [2.05, 4.69) is 31.7 Å². The molecule has 0 aromatic carbocycles. The maximum Gasteiger partial charge on any atom is 0.169 e. The summed E-state index contributed by atoms with van der Waals surface area (Å²) >= 11 is 0. The van der Waals surface area contributed by atoms with Crippen molar-refractivity contribution in [1.82, 2.24) is 19.6 Å². The Labute approximate surface area is 171 Å². The molecule has 0 unspecified atom stereocenters. The monoisotopic (exact) mass is 384 g/mol. The zero-order valence-corrected chi connectivity index (χ0v) is 17.4. The first-order valence-corrected chi connectivity index (χ1v) is 11.3. The van der Waals surface area contributed by atoms with Crippen LogP contribution >= 0.6 is 0 Å². The van der Waals surface area contributed by atoms with Gasteiger partial charge < -0.3 is 19.6 Å². The van der Waals surface area contributed by atoms with Crippen LogP contribution in [0, 0.1) is 22.7 Å². The molecule has 154 valence electrons. The Hall–Kier alpha value is -1.76. The van der Waals surface area contributed by atoms with Crippen molar-refractivity contribution >= 4 is 0 Å². The van der Waals surface area contributed by atoms with Crippen molar-refractivity contribution < 1.29 is 0 Å². The summed E-state index contributed by atoms with van der Waals surface area (Å²) in [6.45, 7) is 10.7. The van der Waals surface area contributed by atoms with Crippen LogP contribution in [0.5, 0.6) is 0 Å². The summed E-state index contributed by atoms with van der Waals surface area (Å²) in [5.74, 6) is 0.887. The molecule has 0 aromatic rings. The van der Waals surface area contributed by atoms with Crippen molar-refractivity contribution in [3.63, 3.8) is 0 Å². The van der Waals surface area contributed by atoms with Crippen LogP contribution in [0.3, 0.4) is 0 Å². The van der Waals surface area contributed by atoms with E-state index in [4.69, 9.17) is 0 Å². The molecule has 0 amide bonds. The minimum absolute atomic E-state index is 0.283. The van der Waals surface area contributed by atoms with E-state index >= 15 is 0 Å². The maximum atomic E-state index is 9.50. The van der Waals surface area contributed by atoms with Crippen LogP contribution < -0.4 is 0 Å². The third-order valence-corrected chi connectivity index (χ3v) is 6.42. The van der Waals surface area contributed by atoms with E-state index in [0.717, 1.165) is 51.5 Å². The molecule has 3 heterocycles. The Balaban J connectivity index is 1.53. The molecule has 0 bridgehead atoms. The van der Waals surface area contributed by atoms with Gasteiger partial charge in [0.05, 0.1) is 0 Å². The first-order chi connectivity index (χ1) is 13.8. The smallest absolute Gasteiger partial charge is 0.169 e. The molecule has 6 heteroatoms. The molecule has 3 aliphatic heterocycles. The van der Waals surface area contributed by atoms with Gasteiger partial charge in [0.15, 0.2) is 5.57 Å². The summed E-state index contributed by atoms with van der Waals surface area (Å²) in [6.07, 6.45) is 10.4. The molecular formula is C22H36N6. The first kappa shape index (κ1) is 21.0. The van der Waals surface area contributed by atoms with Crippen molar-refractivity contribution in [3.05, 3.63) is 11.4 Å². The highest BCUT2D eigenvalue weighted by Crippen LogP contribution is 2.23. The third kappa shape index (κ3) is 5.87. The highest BCUT2D eigenvalue weighted by molar-refractivity contribution is 5.40. The number of hydrogen-bond acceptors (Lipinski definition) is 6. The van der Waals surface area contributed by atoms with Crippen molar-refractivity contribution in [3.8, 4) is 12.1 Å². The maximum absolute atomic E-state index is 9.50. The molecule has 0 aliphatic carbocycles. The van der Waals surface area contributed by atoms with E-state index in [1.807, 2.05) is 0 Å². The fourth-order valence-corrected chi connectivity index (χ4v) is 4.82. The Kier molecular flexibility index (Phi) is 8.45. The lowest BCUT2D eigenvalue weighted by Crippen LogP contribution is -2.37. The summed E-state index contributed by atoms with van der Waals surface area (Å²) in [5, 5.41) is 19.0. The molecule has 6 nitrogen and oxygen atoms in total. The predicted molar refractivity (Wildman–Crippen MR) is 111 cm³/mol. The van der Waals surface area contributed by atoms with Crippen molar-refractivity contribution in [1.29, 1.82) is 10.5 Å². The fourth-order valence-electron chi connectivity index (χ4n) is 4.82. The highest BCUT2D eigenvalue weighted by Gasteiger charge is 2.28. The molecule has 0 aromatic heterocycles. The molecule has 3 saturated heterocycles. The number of rotatable bonds is 7. The summed E-state index contributed by atoms with van der Waals surface area (Å²) in [6, 6.07) is 4.30. The zero-order chi connectivity index (χ0) is 19.6. The molecule has 28 heavy (non-hydrogen) atoms. The standard InChI is InChI=1S/C22H36N6/c23-19-21(20-24)22-27(14-8-13-25-9-4-1-2-5-10-25)17-18-28(22)16-15-26-11-6-3-7-12-26/h1-18H2. The molecular weight excluding hydrogens is 348 g/mol. The van der Waals surface area contributed by atoms with E-state index in [-0.39, 0.29) is 5.57 Å². The Morgan fingerprint density at radius 1 is 0.607 bits per heavy atom. The second kappa shape index (κ2) is 11.3. The average Bonchev–Trinajstić information content (AvgIpc) is 2.94. The topological polar surface area (TPSA) is 60.5 Å². The van der Waals surface area contributed by atoms with Crippen LogP contribution in [0.25, 0.3) is 0 Å². The molecule has 3 rings (SSSR count). The van der Waals surface area contributed by atoms with Crippen LogP contribution in [-0.2, 0) is 0 Å². The van der Waals surface area contributed by atoms with E-state index < -0.39 is 0 Å². The van der Waals surface area contributed by atoms with Gasteiger partial charge in [-0.1, -0.05) is 19.3 Å². The van der Waals surface area contributed by atoms with E-state index in [0.29, 0.717) is 0 Å². The minimum Gasteiger partial charge on any atom is -0.355 e. The predicted octanol–water partition coefficient (Wildman–Crippen LogP) is 2.61. The Morgan fingerprint density at radius 3 is 1.68 bits per heavy atom. The van der Waals surface area contributed by atoms with E-state index in [1.54, 1.807) is 0 Å². The number of piperidine rings is 1. The SMILES string of the molecule is N#CC(C#N)=C1N(CCCN2CCCCCC2)CCN1CCN1CCCCC1. The van der Waals surface area contributed by atoms with Crippen LogP contribution in [0.4, 0.5) is 0 Å². The lowest BCUT2D eigenvalue weighted by Gasteiger charge is -2.30. The van der Waals surface area contributed by atoms with Gasteiger partial charge in [-0.3, -0.25) is 0 Å². The van der Waals surface area contributed by atoms with E-state index in [1.165, 1.54) is 71.1 Å². The number of nitrogens with zero attached hydrogens (tertiary/aromatic N) is 6. The van der Waals surface area contributed by atoms with Gasteiger partial charge in [-0.25, -0.2) is 0 Å².